The maximum Gasteiger partial charge on any atom is 0.360 e. The van der Waals surface area contributed by atoms with Crippen molar-refractivity contribution in [3.05, 3.63) is 144 Å². The summed E-state index contributed by atoms with van der Waals surface area (Å²) >= 11 is 39.5. The van der Waals surface area contributed by atoms with Crippen molar-refractivity contribution in [2.24, 2.45) is 11.5 Å². The highest BCUT2D eigenvalue weighted by atomic mass is 35.5. The molecule has 6 saturated carbocycles. The minimum atomic E-state index is -1.17. The van der Waals surface area contributed by atoms with E-state index in [1.165, 1.54) is 64.7 Å². The molecule has 120 heavy (non-hydrogen) atoms. The molecule has 7 aromatic heterocycles. The molecule has 1 saturated heterocycles. The number of nitrogens with two attached hydrogens (primary N) is 2. The average Bonchev–Trinajstić information content (AvgIpc) is 1.23. The van der Waals surface area contributed by atoms with Gasteiger partial charge in [0.25, 0.3) is 11.8 Å². The van der Waals surface area contributed by atoms with Crippen molar-refractivity contribution in [1.29, 1.82) is 0 Å². The number of hydrogen-bond acceptors (Lipinski definition) is 33. The van der Waals surface area contributed by atoms with Crippen LogP contribution in [0.25, 0.3) is 0 Å². The molecular weight excluding hydrogens is 1730 g/mol. The van der Waals surface area contributed by atoms with Gasteiger partial charge in [-0.2, -0.15) is 13.5 Å². The highest BCUT2D eigenvalue weighted by Crippen LogP contribution is 2.32. The molecule has 13 N–H and O–H groups in total. The standard InChI is InChI=1S/C20H25N7O2.2C9H10ClN3O2.C8H9ClN4O.2C8H8ClN3O2.C6H4Cl2N2O2.6CH4.H2S/c1-13(28)26-8-10-27(11-9-26)16-6-4-15(5-7-16)24-20-18(19(21)29)22-12-17(25-20)23-14-2-3-14;1-15-9(14)7-8(10)13-6(4-11-7)12-5-2-3-5;1-15-9(14)7-8(12-5-2-3-5)13-6(10)4-11-7;9-7-6(8(10)14)11-3-5(13-7)12-4-1-2-4;9-7-6(8(13)14)10-3-5(12-7)11-4-1-2-4;9-5-3-10-6(8(13)14)7(12-5)11-4-1-2-4;1-12-6(11)4-5(8)10-3(7)2-9-4;;;;;;;/h4-7,12,14H,2-3,8-11H2,1H3,(H2,21,29)(H2,23,24,25);2*4-5H,2-3H2,1H3,(H,12,13);3-4H,1-2H2,(H2,10,14)(H,12,13);2*3-4H,1-2H2,(H,11,12)(H,13,14);2H,1H3;6*1H4;1H2. The summed E-state index contributed by atoms with van der Waals surface area (Å²) in [5.74, 6) is -1.84. The Balaban J connectivity index is 0.000000481. The highest BCUT2D eigenvalue weighted by molar-refractivity contribution is 7.59. The van der Waals surface area contributed by atoms with Gasteiger partial charge in [0.05, 0.1) is 64.7 Å². The van der Waals surface area contributed by atoms with Crippen LogP contribution in [-0.2, 0) is 19.0 Å². The van der Waals surface area contributed by atoms with E-state index in [-0.39, 0.29) is 146 Å². The molecule has 8 aromatic rings. The fourth-order valence-corrected chi connectivity index (χ4v) is 10.6. The molecule has 0 atom stereocenters. The van der Waals surface area contributed by atoms with Crippen molar-refractivity contribution >= 4 is 194 Å². The van der Waals surface area contributed by atoms with Gasteiger partial charge in [0.1, 0.15) is 38.7 Å². The number of amides is 3. The number of carbonyl (C=O) groups excluding carboxylic acids is 6. The number of methoxy groups -OCH3 is 3. The first kappa shape index (κ1) is 105. The number of aromatic carboxylic acids is 2. The fourth-order valence-electron chi connectivity index (χ4n) is 9.26. The largest absolute Gasteiger partial charge is 0.476 e. The number of carboxylic acid groups (broad SMARTS) is 2. The molecule has 7 aliphatic rings. The van der Waals surface area contributed by atoms with Gasteiger partial charge in [-0.05, 0) is 101 Å². The minimum absolute atomic E-state index is 0. The van der Waals surface area contributed by atoms with Crippen LogP contribution in [0.5, 0.6) is 0 Å². The van der Waals surface area contributed by atoms with Crippen LogP contribution >= 0.6 is 94.7 Å². The number of ether oxygens (including phenoxy) is 3. The summed E-state index contributed by atoms with van der Waals surface area (Å²) in [4.78, 5) is 147. The quantitative estimate of drug-likeness (QED) is 0.0222. The Bertz CT molecular complexity index is 4690. The number of carbonyl (C=O) groups is 8. The van der Waals surface area contributed by atoms with Gasteiger partial charge >= 0.3 is 29.8 Å². The van der Waals surface area contributed by atoms with Crippen LogP contribution < -0.4 is 53.6 Å². The van der Waals surface area contributed by atoms with E-state index >= 15 is 0 Å². The number of benzene rings is 1. The monoisotopic (exact) mass is 1820 g/mol. The summed E-state index contributed by atoms with van der Waals surface area (Å²) in [5.41, 5.74) is 12.4. The third kappa shape index (κ3) is 34.2. The van der Waals surface area contributed by atoms with Gasteiger partial charge in [0.2, 0.25) is 5.91 Å². The topological polar surface area (TPSA) is 528 Å². The van der Waals surface area contributed by atoms with Crippen LogP contribution in [0, 0.1) is 0 Å². The molecule has 3 amide bonds. The lowest BCUT2D eigenvalue weighted by Crippen LogP contribution is -2.48. The lowest BCUT2D eigenvalue weighted by Gasteiger charge is -2.35. The molecule has 15 rings (SSSR count). The van der Waals surface area contributed by atoms with E-state index in [0.29, 0.717) is 71.2 Å². The molecule has 1 aliphatic heterocycles. The second kappa shape index (κ2) is 50.4. The Kier molecular flexibility index (Phi) is 44.3. The lowest BCUT2D eigenvalue weighted by molar-refractivity contribution is -0.129. The van der Waals surface area contributed by atoms with Crippen LogP contribution in [0.3, 0.4) is 0 Å². The molecule has 7 fully saturated rings. The number of primary amides is 2. The maximum absolute atomic E-state index is 11.7. The number of hydrogen-bond donors (Lipinski definition) is 11. The van der Waals surface area contributed by atoms with Crippen molar-refractivity contribution in [1.82, 2.24) is 74.7 Å². The molecule has 654 valence electrons. The zero-order valence-electron chi connectivity index (χ0n) is 61.0. The van der Waals surface area contributed by atoms with Gasteiger partial charge in [-0.25, -0.2) is 93.7 Å². The van der Waals surface area contributed by atoms with E-state index in [0.717, 1.165) is 115 Å². The van der Waals surface area contributed by atoms with Gasteiger partial charge in [0.15, 0.2) is 77.9 Å². The summed E-state index contributed by atoms with van der Waals surface area (Å²) < 4.78 is 13.5. The summed E-state index contributed by atoms with van der Waals surface area (Å²) in [6.07, 6.45) is 22.9. The molecule has 0 radical (unpaired) electrons. The van der Waals surface area contributed by atoms with Crippen LogP contribution in [0.4, 0.5) is 52.1 Å². The third-order valence-corrected chi connectivity index (χ3v) is 17.5. The normalized spacial score (nSPS) is 14.0. The second-order valence-electron chi connectivity index (χ2n) is 25.2. The van der Waals surface area contributed by atoms with Crippen molar-refractivity contribution in [3.63, 3.8) is 0 Å². The van der Waals surface area contributed by atoms with E-state index < -0.39 is 41.7 Å². The fraction of sp³-hybridized carbons (Fsp3) is 0.432. The van der Waals surface area contributed by atoms with Gasteiger partial charge in [-0.1, -0.05) is 126 Å². The molecule has 6 aliphatic carbocycles. The van der Waals surface area contributed by atoms with Gasteiger partial charge in [-0.15, -0.1) is 0 Å². The first-order chi connectivity index (χ1) is 54.0. The first-order valence-corrected chi connectivity index (χ1v) is 37.2. The summed E-state index contributed by atoms with van der Waals surface area (Å²) in [5, 5.41) is 39.8. The number of piperazine rings is 1. The number of halogens is 7. The van der Waals surface area contributed by atoms with Crippen molar-refractivity contribution < 1.29 is 62.8 Å². The Morgan fingerprint density at radius 1 is 0.375 bits per heavy atom. The molecule has 1 aromatic carbocycles. The van der Waals surface area contributed by atoms with E-state index in [1.807, 2.05) is 29.2 Å². The first-order valence-electron chi connectivity index (χ1n) is 34.5. The van der Waals surface area contributed by atoms with E-state index in [9.17, 15) is 38.4 Å². The summed E-state index contributed by atoms with van der Waals surface area (Å²) in [6, 6.07) is 10.4. The summed E-state index contributed by atoms with van der Waals surface area (Å²) in [7, 11) is 3.81. The van der Waals surface area contributed by atoms with Crippen LogP contribution in [0.1, 0.15) is 202 Å². The Morgan fingerprint density at radius 2 is 0.675 bits per heavy atom. The van der Waals surface area contributed by atoms with Gasteiger partial charge < -0.3 is 82.9 Å². The number of anilines is 9. The number of esters is 3. The maximum atomic E-state index is 11.7. The van der Waals surface area contributed by atoms with Crippen molar-refractivity contribution in [2.45, 2.75) is 165 Å². The Hall–Kier alpha value is -10.7. The highest BCUT2D eigenvalue weighted by Gasteiger charge is 2.30. The predicted octanol–water partition coefficient (Wildman–Crippen LogP) is 13.7. The van der Waals surface area contributed by atoms with E-state index in [1.54, 1.807) is 6.92 Å². The molecular formula is C74H100Cl7N25O13S. The smallest absolute Gasteiger partial charge is 0.360 e. The van der Waals surface area contributed by atoms with E-state index in [2.05, 4.69) is 126 Å². The number of nitrogens with one attached hydrogen (secondary N) is 7. The predicted molar refractivity (Wildman–Crippen MR) is 469 cm³/mol. The zero-order chi connectivity index (χ0) is 81.6. The third-order valence-electron chi connectivity index (χ3n) is 15.9. The second-order valence-corrected chi connectivity index (χ2v) is 27.8. The van der Waals surface area contributed by atoms with Crippen molar-refractivity contribution in [3.8, 4) is 0 Å². The van der Waals surface area contributed by atoms with Gasteiger partial charge in [0, 0.05) is 80.7 Å². The Labute approximate surface area is 736 Å². The van der Waals surface area contributed by atoms with Crippen molar-refractivity contribution in [2.75, 3.05) is 89.6 Å². The summed E-state index contributed by atoms with van der Waals surface area (Å²) in [6.45, 7) is 4.67. The number of nitrogens with zero attached hydrogens (tertiary/aromatic N) is 16. The van der Waals surface area contributed by atoms with Crippen LogP contribution in [0.2, 0.25) is 36.1 Å². The number of aromatic nitrogens is 14. The molecule has 38 nitrogen and oxygen atoms in total. The molecule has 0 spiro atoms. The molecule has 46 heteroatoms. The number of rotatable bonds is 22. The minimum Gasteiger partial charge on any atom is -0.476 e. The molecule has 0 bridgehead atoms. The average molecular weight is 1830 g/mol. The van der Waals surface area contributed by atoms with Crippen LogP contribution in [0.15, 0.2) is 67.6 Å². The van der Waals surface area contributed by atoms with Gasteiger partial charge in [-0.3, -0.25) is 14.4 Å². The Morgan fingerprint density at radius 3 is 1.02 bits per heavy atom. The SMILES string of the molecule is C.C.C.C.C.C.CC(=O)N1CCN(c2ccc(Nc3nc(NC4CC4)cnc3C(N)=O)cc2)CC1.COC(=O)c1ncc(Cl)nc1Cl.COC(=O)c1ncc(Cl)nc1NC1CC1.COC(=O)c1ncc(NC2CC2)nc1Cl.NC(=O)c1ncc(NC2CC2)nc1Cl.O=C(O)c1ncc(Cl)nc1NC1CC1.O=C(O)c1ncc(NC2CC2)nc1Cl.S. The number of carboxylic acids is 2. The molecule has 0 unspecified atom stereocenters. The molecule has 8 heterocycles. The van der Waals surface area contributed by atoms with E-state index in [4.69, 9.17) is 103 Å². The van der Waals surface area contributed by atoms with Crippen LogP contribution in [-0.4, -0.2) is 216 Å². The zero-order valence-corrected chi connectivity index (χ0v) is 67.3. The lowest BCUT2D eigenvalue weighted by atomic mass is 10.2.